The van der Waals surface area contributed by atoms with Gasteiger partial charge in [-0.1, -0.05) is 11.6 Å². The third-order valence-corrected chi connectivity index (χ3v) is 4.81. The molecule has 7 heteroatoms. The molecule has 106 valence electrons. The predicted molar refractivity (Wildman–Crippen MR) is 80.0 cm³/mol. The number of carboxylic acids is 1. The summed E-state index contributed by atoms with van der Waals surface area (Å²) in [5.74, 6) is 0.214. The summed E-state index contributed by atoms with van der Waals surface area (Å²) >= 11 is 8.85. The van der Waals surface area contributed by atoms with Gasteiger partial charge in [0.1, 0.15) is 0 Å². The van der Waals surface area contributed by atoms with Crippen molar-refractivity contribution in [1.29, 1.82) is 0 Å². The zero-order chi connectivity index (χ0) is 14.3. The van der Waals surface area contributed by atoms with E-state index in [9.17, 15) is 9.59 Å². The van der Waals surface area contributed by atoms with Crippen LogP contribution < -0.4 is 0 Å². The highest BCUT2D eigenvalue weighted by atomic mass is 35.5. The molecule has 19 heavy (non-hydrogen) atoms. The van der Waals surface area contributed by atoms with Gasteiger partial charge in [-0.3, -0.25) is 9.59 Å². The molecule has 0 unspecified atom stereocenters. The standard InChI is InChI=1S/C12H16ClNO3S2/c1-2-14(6-5-12(16)17)11(15)8-18-7-9-3-4-10(13)19-9/h3-4H,2,5-8H2,1H3,(H,16,17). The summed E-state index contributed by atoms with van der Waals surface area (Å²) in [5, 5.41) is 8.61. The van der Waals surface area contributed by atoms with Gasteiger partial charge >= 0.3 is 5.97 Å². The first-order chi connectivity index (χ1) is 9.02. The number of carbonyl (C=O) groups is 2. The molecule has 1 rings (SSSR count). The van der Waals surface area contributed by atoms with Crippen LogP contribution in [0.15, 0.2) is 12.1 Å². The molecule has 0 atom stereocenters. The van der Waals surface area contributed by atoms with Crippen LogP contribution in [0.1, 0.15) is 18.2 Å². The van der Waals surface area contributed by atoms with Gasteiger partial charge in [-0.05, 0) is 19.1 Å². The largest absolute Gasteiger partial charge is 0.481 e. The van der Waals surface area contributed by atoms with Crippen LogP contribution in [0.2, 0.25) is 4.34 Å². The summed E-state index contributed by atoms with van der Waals surface area (Å²) < 4.78 is 0.749. The molecule has 0 radical (unpaired) electrons. The predicted octanol–water partition coefficient (Wildman–Crippen LogP) is 2.96. The fraction of sp³-hybridized carbons (Fsp3) is 0.500. The molecule has 0 spiro atoms. The average molecular weight is 322 g/mol. The van der Waals surface area contributed by atoms with Gasteiger partial charge in [0.2, 0.25) is 5.91 Å². The van der Waals surface area contributed by atoms with Crippen LogP contribution in [0.4, 0.5) is 0 Å². The fourth-order valence-corrected chi connectivity index (χ4v) is 3.57. The normalized spacial score (nSPS) is 10.4. The van der Waals surface area contributed by atoms with Gasteiger partial charge in [0.25, 0.3) is 0 Å². The second kappa shape index (κ2) is 8.45. The first-order valence-corrected chi connectivity index (χ1v) is 8.19. The molecule has 1 amide bonds. The summed E-state index contributed by atoms with van der Waals surface area (Å²) in [6.45, 7) is 2.66. The van der Waals surface area contributed by atoms with Crippen LogP contribution in [-0.2, 0) is 15.3 Å². The Morgan fingerprint density at radius 2 is 2.21 bits per heavy atom. The maximum atomic E-state index is 11.9. The Labute approximate surface area is 125 Å². The van der Waals surface area contributed by atoms with Crippen molar-refractivity contribution >= 4 is 46.6 Å². The Morgan fingerprint density at radius 3 is 2.74 bits per heavy atom. The third kappa shape index (κ3) is 6.31. The van der Waals surface area contributed by atoms with Crippen molar-refractivity contribution < 1.29 is 14.7 Å². The number of aliphatic carboxylic acids is 1. The lowest BCUT2D eigenvalue weighted by molar-refractivity contribution is -0.138. The van der Waals surface area contributed by atoms with Crippen molar-refractivity contribution in [2.24, 2.45) is 0 Å². The maximum absolute atomic E-state index is 11.9. The van der Waals surface area contributed by atoms with Gasteiger partial charge in [0.05, 0.1) is 16.5 Å². The topological polar surface area (TPSA) is 57.6 Å². The van der Waals surface area contributed by atoms with E-state index >= 15 is 0 Å². The monoisotopic (exact) mass is 321 g/mol. The molecule has 0 fully saturated rings. The van der Waals surface area contributed by atoms with Crippen molar-refractivity contribution in [2.75, 3.05) is 18.8 Å². The molecule has 0 aliphatic heterocycles. The van der Waals surface area contributed by atoms with Crippen LogP contribution in [0.25, 0.3) is 0 Å². The average Bonchev–Trinajstić information content (AvgIpc) is 2.75. The van der Waals surface area contributed by atoms with E-state index < -0.39 is 5.97 Å². The number of amides is 1. The van der Waals surface area contributed by atoms with Crippen LogP contribution in [-0.4, -0.2) is 40.7 Å². The summed E-state index contributed by atoms with van der Waals surface area (Å²) in [7, 11) is 0. The smallest absolute Gasteiger partial charge is 0.305 e. The van der Waals surface area contributed by atoms with Crippen molar-refractivity contribution in [2.45, 2.75) is 19.1 Å². The molecular formula is C12H16ClNO3S2. The molecule has 4 nitrogen and oxygen atoms in total. The molecule has 1 aromatic rings. The number of hydrogen-bond donors (Lipinski definition) is 1. The number of rotatable bonds is 8. The van der Waals surface area contributed by atoms with Gasteiger partial charge in [-0.25, -0.2) is 0 Å². The van der Waals surface area contributed by atoms with Gasteiger partial charge in [-0.15, -0.1) is 23.1 Å². The number of hydrogen-bond acceptors (Lipinski definition) is 4. The second-order valence-corrected chi connectivity index (χ2v) is 6.60. The minimum Gasteiger partial charge on any atom is -0.481 e. The third-order valence-electron chi connectivity index (χ3n) is 2.43. The van der Waals surface area contributed by atoms with E-state index in [2.05, 4.69) is 0 Å². The number of thioether (sulfide) groups is 1. The minimum absolute atomic E-state index is 0.00915. The highest BCUT2D eigenvalue weighted by molar-refractivity contribution is 7.99. The highest BCUT2D eigenvalue weighted by Crippen LogP contribution is 2.25. The SMILES string of the molecule is CCN(CCC(=O)O)C(=O)CSCc1ccc(Cl)s1. The number of carboxylic acid groups (broad SMARTS) is 1. The summed E-state index contributed by atoms with van der Waals surface area (Å²) in [4.78, 5) is 25.1. The molecule has 0 saturated heterocycles. The molecule has 0 saturated carbocycles. The quantitative estimate of drug-likeness (QED) is 0.799. The zero-order valence-electron chi connectivity index (χ0n) is 10.6. The molecule has 0 aliphatic rings. The number of nitrogens with zero attached hydrogens (tertiary/aromatic N) is 1. The first-order valence-electron chi connectivity index (χ1n) is 5.84. The van der Waals surface area contributed by atoms with E-state index in [4.69, 9.17) is 16.7 Å². The van der Waals surface area contributed by atoms with Gasteiger partial charge in [0.15, 0.2) is 0 Å². The molecule has 1 heterocycles. The molecule has 0 aromatic carbocycles. The van der Waals surface area contributed by atoms with Crippen LogP contribution in [0.5, 0.6) is 0 Å². The summed E-state index contributed by atoms with van der Waals surface area (Å²) in [5.41, 5.74) is 0. The van der Waals surface area contributed by atoms with Crippen molar-refractivity contribution in [3.05, 3.63) is 21.3 Å². The minimum atomic E-state index is -0.882. The van der Waals surface area contributed by atoms with E-state index in [0.29, 0.717) is 12.3 Å². The van der Waals surface area contributed by atoms with Gasteiger partial charge in [0, 0.05) is 23.7 Å². The number of carbonyl (C=O) groups excluding carboxylic acids is 1. The molecule has 1 aromatic heterocycles. The van der Waals surface area contributed by atoms with E-state index in [0.717, 1.165) is 15.0 Å². The van der Waals surface area contributed by atoms with Crippen molar-refractivity contribution in [3.8, 4) is 0 Å². The first kappa shape index (κ1) is 16.3. The molecule has 0 aliphatic carbocycles. The molecule has 1 N–H and O–H groups in total. The Morgan fingerprint density at radius 1 is 1.47 bits per heavy atom. The maximum Gasteiger partial charge on any atom is 0.305 e. The fourth-order valence-electron chi connectivity index (χ4n) is 1.45. The zero-order valence-corrected chi connectivity index (χ0v) is 13.0. The van der Waals surface area contributed by atoms with Crippen molar-refractivity contribution in [1.82, 2.24) is 4.90 Å². The Hall–Kier alpha value is -0.720. The number of halogens is 1. The Bertz CT molecular complexity index is 436. The summed E-state index contributed by atoms with van der Waals surface area (Å²) in [6.07, 6.45) is -0.00915. The second-order valence-electron chi connectivity index (χ2n) is 3.82. The van der Waals surface area contributed by atoms with Crippen LogP contribution in [0, 0.1) is 0 Å². The Kier molecular flexibility index (Phi) is 7.27. The van der Waals surface area contributed by atoms with E-state index in [1.807, 2.05) is 19.1 Å². The van der Waals surface area contributed by atoms with Crippen LogP contribution in [0.3, 0.4) is 0 Å². The summed E-state index contributed by atoms with van der Waals surface area (Å²) in [6, 6.07) is 3.79. The van der Waals surface area contributed by atoms with E-state index in [-0.39, 0.29) is 18.9 Å². The molecular weight excluding hydrogens is 306 g/mol. The van der Waals surface area contributed by atoms with Gasteiger partial charge in [-0.2, -0.15) is 0 Å². The number of thiophene rings is 1. The van der Waals surface area contributed by atoms with Crippen molar-refractivity contribution in [3.63, 3.8) is 0 Å². The van der Waals surface area contributed by atoms with E-state index in [1.54, 1.807) is 4.90 Å². The highest BCUT2D eigenvalue weighted by Gasteiger charge is 2.13. The van der Waals surface area contributed by atoms with Crippen LogP contribution >= 0.6 is 34.7 Å². The van der Waals surface area contributed by atoms with E-state index in [1.165, 1.54) is 23.1 Å². The lowest BCUT2D eigenvalue weighted by Gasteiger charge is -2.19. The molecule has 0 bridgehead atoms. The lowest BCUT2D eigenvalue weighted by atomic mass is 10.4. The van der Waals surface area contributed by atoms with Gasteiger partial charge < -0.3 is 10.0 Å². The lowest BCUT2D eigenvalue weighted by Crippen LogP contribution is -2.34. The Balaban J connectivity index is 2.30.